The van der Waals surface area contributed by atoms with Crippen LogP contribution < -0.4 is 15.8 Å². The van der Waals surface area contributed by atoms with Crippen LogP contribution in [0.25, 0.3) is 0 Å². The van der Waals surface area contributed by atoms with Crippen molar-refractivity contribution >= 4 is 17.5 Å². The molecule has 0 spiro atoms. The monoisotopic (exact) mass is 296 g/mol. The van der Waals surface area contributed by atoms with Gasteiger partial charge in [-0.3, -0.25) is 4.79 Å². The van der Waals surface area contributed by atoms with Gasteiger partial charge in [0.05, 0.1) is 5.02 Å². The molecule has 0 heterocycles. The Labute approximate surface area is 124 Å². The van der Waals surface area contributed by atoms with Crippen LogP contribution in [0.1, 0.15) is 44.2 Å². The van der Waals surface area contributed by atoms with E-state index in [0.717, 1.165) is 18.4 Å². The second-order valence-corrected chi connectivity index (χ2v) is 5.72. The fourth-order valence-corrected chi connectivity index (χ4v) is 2.64. The minimum atomic E-state index is -0.0933. The largest absolute Gasteiger partial charge is 0.482 e. The van der Waals surface area contributed by atoms with Crippen molar-refractivity contribution in [2.45, 2.75) is 44.7 Å². The smallest absolute Gasteiger partial charge is 0.258 e. The minimum absolute atomic E-state index is 0.00621. The van der Waals surface area contributed by atoms with Crippen LogP contribution in [-0.2, 0) is 4.79 Å². The van der Waals surface area contributed by atoms with E-state index in [1.807, 2.05) is 13.0 Å². The highest BCUT2D eigenvalue weighted by Gasteiger charge is 2.17. The molecule has 1 amide bonds. The molecular formula is C15H21ClN2O2. The Kier molecular flexibility index (Phi) is 5.26. The first-order chi connectivity index (χ1) is 9.56. The van der Waals surface area contributed by atoms with Crippen molar-refractivity contribution in [3.63, 3.8) is 0 Å². The van der Waals surface area contributed by atoms with Gasteiger partial charge in [0.1, 0.15) is 5.75 Å². The fraction of sp³-hybridized carbons (Fsp3) is 0.533. The van der Waals surface area contributed by atoms with Crippen molar-refractivity contribution in [2.24, 2.45) is 5.73 Å². The third-order valence-corrected chi connectivity index (χ3v) is 3.86. The van der Waals surface area contributed by atoms with Crippen molar-refractivity contribution in [2.75, 3.05) is 6.61 Å². The fourth-order valence-electron chi connectivity index (χ4n) is 2.40. The van der Waals surface area contributed by atoms with Crippen molar-refractivity contribution in [3.05, 3.63) is 28.8 Å². The summed E-state index contributed by atoms with van der Waals surface area (Å²) in [6.07, 6.45) is 4.51. The Hall–Kier alpha value is -1.26. The molecule has 0 bridgehead atoms. The van der Waals surface area contributed by atoms with E-state index in [-0.39, 0.29) is 18.6 Å². The van der Waals surface area contributed by atoms with Crippen LogP contribution >= 0.6 is 11.6 Å². The second kappa shape index (κ2) is 6.95. The number of rotatable bonds is 5. The van der Waals surface area contributed by atoms with Gasteiger partial charge in [-0.2, -0.15) is 0 Å². The number of ether oxygens (including phenoxy) is 1. The van der Waals surface area contributed by atoms with Gasteiger partial charge in [0.25, 0.3) is 5.91 Å². The molecule has 1 aromatic rings. The highest BCUT2D eigenvalue weighted by molar-refractivity contribution is 6.32. The first-order valence-electron chi connectivity index (χ1n) is 7.03. The molecule has 0 saturated heterocycles. The molecular weight excluding hydrogens is 276 g/mol. The average molecular weight is 297 g/mol. The van der Waals surface area contributed by atoms with Gasteiger partial charge in [-0.05, 0) is 37.5 Å². The summed E-state index contributed by atoms with van der Waals surface area (Å²) in [5, 5.41) is 3.45. The molecule has 0 radical (unpaired) electrons. The summed E-state index contributed by atoms with van der Waals surface area (Å²) in [5.41, 5.74) is 6.72. The normalized spacial score (nSPS) is 16.9. The molecule has 1 saturated carbocycles. The zero-order chi connectivity index (χ0) is 14.5. The average Bonchev–Trinajstić information content (AvgIpc) is 2.90. The molecule has 1 aromatic carbocycles. The first kappa shape index (κ1) is 15.1. The highest BCUT2D eigenvalue weighted by atomic mass is 35.5. The van der Waals surface area contributed by atoms with E-state index in [1.165, 1.54) is 12.8 Å². The van der Waals surface area contributed by atoms with Gasteiger partial charge < -0.3 is 15.8 Å². The molecule has 20 heavy (non-hydrogen) atoms. The summed E-state index contributed by atoms with van der Waals surface area (Å²) in [4.78, 5) is 11.8. The van der Waals surface area contributed by atoms with E-state index in [9.17, 15) is 4.79 Å². The van der Waals surface area contributed by atoms with Crippen molar-refractivity contribution in [1.82, 2.24) is 5.32 Å². The van der Waals surface area contributed by atoms with E-state index in [4.69, 9.17) is 22.1 Å². The number of benzene rings is 1. The van der Waals surface area contributed by atoms with Crippen LogP contribution in [0.5, 0.6) is 5.75 Å². The van der Waals surface area contributed by atoms with Crippen LogP contribution in [0.15, 0.2) is 18.2 Å². The lowest BCUT2D eigenvalue weighted by Crippen LogP contribution is -2.36. The topological polar surface area (TPSA) is 64.3 Å². The van der Waals surface area contributed by atoms with Gasteiger partial charge in [-0.15, -0.1) is 0 Å². The quantitative estimate of drug-likeness (QED) is 0.878. The summed E-state index contributed by atoms with van der Waals surface area (Å²) >= 11 is 6.11. The standard InChI is InChI=1S/C15H21ClN2O2/c1-10(17)11-6-7-14(13(16)8-11)20-9-15(19)18-12-4-2-3-5-12/h6-8,10,12H,2-5,9,17H2,1H3,(H,18,19)/t10-/m1/s1. The van der Waals surface area contributed by atoms with Crippen molar-refractivity contribution < 1.29 is 9.53 Å². The van der Waals surface area contributed by atoms with Gasteiger partial charge in [-0.1, -0.05) is 30.5 Å². The molecule has 1 aliphatic carbocycles. The maximum absolute atomic E-state index is 11.8. The Balaban J connectivity index is 1.85. The lowest BCUT2D eigenvalue weighted by molar-refractivity contribution is -0.123. The number of hydrogen-bond acceptors (Lipinski definition) is 3. The number of nitrogens with one attached hydrogen (secondary N) is 1. The maximum atomic E-state index is 11.8. The third-order valence-electron chi connectivity index (χ3n) is 3.56. The van der Waals surface area contributed by atoms with E-state index in [2.05, 4.69) is 5.32 Å². The Morgan fingerprint density at radius 1 is 1.50 bits per heavy atom. The van der Waals surface area contributed by atoms with Gasteiger partial charge in [0.15, 0.2) is 6.61 Å². The van der Waals surface area contributed by atoms with Crippen LogP contribution in [0, 0.1) is 0 Å². The summed E-state index contributed by atoms with van der Waals surface area (Å²) in [6.45, 7) is 1.88. The zero-order valence-electron chi connectivity index (χ0n) is 11.7. The van der Waals surface area contributed by atoms with E-state index in [0.29, 0.717) is 16.8 Å². The van der Waals surface area contributed by atoms with Crippen LogP contribution in [0.2, 0.25) is 5.02 Å². The number of nitrogens with two attached hydrogens (primary N) is 1. The molecule has 1 atom stereocenters. The van der Waals surface area contributed by atoms with Gasteiger partial charge in [-0.25, -0.2) is 0 Å². The Morgan fingerprint density at radius 3 is 2.80 bits per heavy atom. The number of carbonyl (C=O) groups is 1. The number of halogens is 1. The number of hydrogen-bond donors (Lipinski definition) is 2. The van der Waals surface area contributed by atoms with Crippen molar-refractivity contribution in [1.29, 1.82) is 0 Å². The van der Waals surface area contributed by atoms with Gasteiger partial charge in [0.2, 0.25) is 0 Å². The molecule has 1 aliphatic rings. The lowest BCUT2D eigenvalue weighted by Gasteiger charge is -2.14. The summed E-state index contributed by atoms with van der Waals surface area (Å²) < 4.78 is 5.46. The van der Waals surface area contributed by atoms with Gasteiger partial charge in [0, 0.05) is 12.1 Å². The third kappa shape index (κ3) is 4.12. The molecule has 5 heteroatoms. The molecule has 2 rings (SSSR count). The molecule has 3 N–H and O–H groups in total. The Bertz CT molecular complexity index is 471. The summed E-state index contributed by atoms with van der Waals surface area (Å²) in [6, 6.07) is 5.62. The highest BCUT2D eigenvalue weighted by Crippen LogP contribution is 2.27. The second-order valence-electron chi connectivity index (χ2n) is 5.32. The molecule has 4 nitrogen and oxygen atoms in total. The Morgan fingerprint density at radius 2 is 2.20 bits per heavy atom. The van der Waals surface area contributed by atoms with E-state index >= 15 is 0 Å². The van der Waals surface area contributed by atoms with Crippen LogP contribution in [-0.4, -0.2) is 18.6 Å². The molecule has 1 fully saturated rings. The first-order valence-corrected chi connectivity index (χ1v) is 7.41. The molecule has 0 aromatic heterocycles. The zero-order valence-corrected chi connectivity index (χ0v) is 12.5. The molecule has 0 unspecified atom stereocenters. The summed E-state index contributed by atoms with van der Waals surface area (Å²) in [7, 11) is 0. The molecule has 0 aliphatic heterocycles. The van der Waals surface area contributed by atoms with E-state index in [1.54, 1.807) is 12.1 Å². The van der Waals surface area contributed by atoms with Crippen molar-refractivity contribution in [3.8, 4) is 5.75 Å². The predicted molar refractivity (Wildman–Crippen MR) is 79.9 cm³/mol. The number of carbonyl (C=O) groups excluding carboxylic acids is 1. The van der Waals surface area contributed by atoms with E-state index < -0.39 is 0 Å². The van der Waals surface area contributed by atoms with Crippen LogP contribution in [0.3, 0.4) is 0 Å². The minimum Gasteiger partial charge on any atom is -0.482 e. The number of amides is 1. The van der Waals surface area contributed by atoms with Gasteiger partial charge >= 0.3 is 0 Å². The van der Waals surface area contributed by atoms with Crippen LogP contribution in [0.4, 0.5) is 0 Å². The lowest BCUT2D eigenvalue weighted by atomic mass is 10.1. The maximum Gasteiger partial charge on any atom is 0.258 e. The molecule has 110 valence electrons. The summed E-state index contributed by atoms with van der Waals surface area (Å²) in [5.74, 6) is 0.418. The predicted octanol–water partition coefficient (Wildman–Crippen LogP) is 2.80. The SMILES string of the molecule is C[C@@H](N)c1ccc(OCC(=O)NC2CCCC2)c(Cl)c1.